The summed E-state index contributed by atoms with van der Waals surface area (Å²) in [5.41, 5.74) is 2.47. The summed E-state index contributed by atoms with van der Waals surface area (Å²) in [4.78, 5) is 22.1. The van der Waals surface area contributed by atoms with Gasteiger partial charge < -0.3 is 14.4 Å². The van der Waals surface area contributed by atoms with Crippen LogP contribution in [0.1, 0.15) is 15.9 Å². The number of carbonyl (C=O) groups is 1. The second-order valence-electron chi connectivity index (χ2n) is 7.96. The molecule has 0 saturated carbocycles. The van der Waals surface area contributed by atoms with Crippen molar-refractivity contribution < 1.29 is 14.3 Å². The number of hydrogen-bond acceptors (Lipinski definition) is 6. The SMILES string of the molecule is COc1ccc(C)c2sc(N(CCN(C)C)C(=O)c3ccc(Oc4ccccc4)cc3)nc12.Cl. The maximum atomic E-state index is 13.5. The number of rotatable bonds is 8. The van der Waals surface area contributed by atoms with E-state index in [-0.39, 0.29) is 18.3 Å². The minimum absolute atomic E-state index is 0. The van der Waals surface area contributed by atoms with E-state index in [9.17, 15) is 4.79 Å². The van der Waals surface area contributed by atoms with Gasteiger partial charge in [-0.3, -0.25) is 9.69 Å². The molecule has 0 radical (unpaired) electrons. The first-order valence-electron chi connectivity index (χ1n) is 10.7. The monoisotopic (exact) mass is 497 g/mol. The van der Waals surface area contributed by atoms with Gasteiger partial charge in [0.2, 0.25) is 0 Å². The zero-order chi connectivity index (χ0) is 23.4. The minimum Gasteiger partial charge on any atom is -0.494 e. The van der Waals surface area contributed by atoms with E-state index in [0.717, 1.165) is 21.5 Å². The van der Waals surface area contributed by atoms with Crippen molar-refractivity contribution in [2.24, 2.45) is 0 Å². The lowest BCUT2D eigenvalue weighted by atomic mass is 10.2. The van der Waals surface area contributed by atoms with Gasteiger partial charge in [0.15, 0.2) is 5.13 Å². The molecule has 0 bridgehead atoms. The van der Waals surface area contributed by atoms with Gasteiger partial charge >= 0.3 is 0 Å². The molecule has 0 atom stereocenters. The van der Waals surface area contributed by atoms with Gasteiger partial charge in [-0.25, -0.2) is 4.98 Å². The van der Waals surface area contributed by atoms with E-state index >= 15 is 0 Å². The molecule has 1 heterocycles. The number of amides is 1. The molecule has 1 amide bonds. The van der Waals surface area contributed by atoms with Crippen LogP contribution in [0, 0.1) is 6.92 Å². The number of nitrogens with zero attached hydrogens (tertiary/aromatic N) is 3. The fourth-order valence-electron chi connectivity index (χ4n) is 3.41. The summed E-state index contributed by atoms with van der Waals surface area (Å²) in [6.07, 6.45) is 0. The van der Waals surface area contributed by atoms with Crippen LogP contribution in [0.15, 0.2) is 66.7 Å². The van der Waals surface area contributed by atoms with Gasteiger partial charge in [0, 0.05) is 18.7 Å². The Morgan fingerprint density at radius 1 is 0.941 bits per heavy atom. The molecule has 3 aromatic carbocycles. The molecule has 0 aliphatic carbocycles. The number of hydrogen-bond donors (Lipinski definition) is 0. The van der Waals surface area contributed by atoms with E-state index in [0.29, 0.717) is 35.3 Å². The molecule has 4 rings (SSSR count). The molecule has 0 saturated heterocycles. The number of aromatic nitrogens is 1. The fourth-order valence-corrected chi connectivity index (χ4v) is 4.48. The molecule has 6 nitrogen and oxygen atoms in total. The first-order chi connectivity index (χ1) is 16.0. The number of ether oxygens (including phenoxy) is 2. The van der Waals surface area contributed by atoms with Gasteiger partial charge in [0.1, 0.15) is 22.8 Å². The number of para-hydroxylation sites is 1. The third-order valence-electron chi connectivity index (χ3n) is 5.24. The standard InChI is InChI=1S/C26H27N3O3S.ClH/c1-18-10-15-22(31-4)23-24(18)33-26(27-23)29(17-16-28(2)3)25(30)19-11-13-21(14-12-19)32-20-8-6-5-7-9-20;/h5-15H,16-17H2,1-4H3;1H. The number of fused-ring (bicyclic) bond motifs is 1. The lowest BCUT2D eigenvalue weighted by molar-refractivity contribution is 0.0985. The average Bonchev–Trinajstić information content (AvgIpc) is 3.26. The number of anilines is 1. The molecule has 0 fully saturated rings. The van der Waals surface area contributed by atoms with E-state index < -0.39 is 0 Å². The maximum Gasteiger partial charge on any atom is 0.260 e. The highest BCUT2D eigenvalue weighted by atomic mass is 35.5. The van der Waals surface area contributed by atoms with Gasteiger partial charge in [0.05, 0.1) is 11.8 Å². The lowest BCUT2D eigenvalue weighted by Gasteiger charge is -2.22. The van der Waals surface area contributed by atoms with Crippen molar-refractivity contribution in [2.75, 3.05) is 39.2 Å². The van der Waals surface area contributed by atoms with Crippen LogP contribution in [0.5, 0.6) is 17.2 Å². The first kappa shape index (κ1) is 25.5. The Labute approximate surface area is 210 Å². The van der Waals surface area contributed by atoms with Crippen molar-refractivity contribution in [3.8, 4) is 17.2 Å². The van der Waals surface area contributed by atoms with Crippen LogP contribution in [-0.4, -0.2) is 50.1 Å². The molecule has 8 heteroatoms. The van der Waals surface area contributed by atoms with Gasteiger partial charge in [-0.15, -0.1) is 12.4 Å². The zero-order valence-corrected chi connectivity index (χ0v) is 21.3. The summed E-state index contributed by atoms with van der Waals surface area (Å²) in [7, 11) is 5.62. The van der Waals surface area contributed by atoms with Gasteiger partial charge in [0.25, 0.3) is 5.91 Å². The Morgan fingerprint density at radius 2 is 1.62 bits per heavy atom. The summed E-state index contributed by atoms with van der Waals surface area (Å²) in [6, 6.07) is 20.7. The first-order valence-corrected chi connectivity index (χ1v) is 11.5. The highest BCUT2D eigenvalue weighted by Crippen LogP contribution is 2.37. The molecule has 34 heavy (non-hydrogen) atoms. The van der Waals surface area contributed by atoms with Crippen LogP contribution in [0.3, 0.4) is 0 Å². The predicted molar refractivity (Wildman–Crippen MR) is 141 cm³/mol. The summed E-state index contributed by atoms with van der Waals surface area (Å²) in [6.45, 7) is 3.28. The molecule has 178 valence electrons. The van der Waals surface area contributed by atoms with Crippen LogP contribution in [0.25, 0.3) is 10.2 Å². The fraction of sp³-hybridized carbons (Fsp3) is 0.231. The predicted octanol–water partition coefficient (Wildman–Crippen LogP) is 6.04. The molecular weight excluding hydrogens is 470 g/mol. The zero-order valence-electron chi connectivity index (χ0n) is 19.6. The highest BCUT2D eigenvalue weighted by Gasteiger charge is 2.23. The van der Waals surface area contributed by atoms with Gasteiger partial charge in [-0.05, 0) is 69.0 Å². The number of methoxy groups -OCH3 is 1. The van der Waals surface area contributed by atoms with E-state index in [1.807, 2.05) is 75.6 Å². The van der Waals surface area contributed by atoms with E-state index in [2.05, 4.69) is 4.90 Å². The Hall–Kier alpha value is -3.13. The van der Waals surface area contributed by atoms with Crippen molar-refractivity contribution in [3.63, 3.8) is 0 Å². The third-order valence-corrected chi connectivity index (χ3v) is 6.45. The number of likely N-dealkylation sites (N-methyl/N-ethyl adjacent to an activating group) is 1. The average molecular weight is 498 g/mol. The van der Waals surface area contributed by atoms with Crippen molar-refractivity contribution in [1.82, 2.24) is 9.88 Å². The van der Waals surface area contributed by atoms with Crippen molar-refractivity contribution in [1.29, 1.82) is 0 Å². The summed E-state index contributed by atoms with van der Waals surface area (Å²) < 4.78 is 12.4. The largest absolute Gasteiger partial charge is 0.494 e. The van der Waals surface area contributed by atoms with Crippen molar-refractivity contribution >= 4 is 45.0 Å². The molecule has 0 aliphatic rings. The van der Waals surface area contributed by atoms with Crippen LogP contribution >= 0.6 is 23.7 Å². The number of halogens is 1. The van der Waals surface area contributed by atoms with Crippen molar-refractivity contribution in [2.45, 2.75) is 6.92 Å². The Kier molecular flexibility index (Phi) is 8.50. The Bertz CT molecular complexity index is 1240. The Balaban J connectivity index is 0.00000324. The number of aryl methyl sites for hydroxylation is 1. The van der Waals surface area contributed by atoms with Crippen LogP contribution < -0.4 is 14.4 Å². The molecular formula is C26H28ClN3O3S. The normalized spacial score (nSPS) is 10.7. The maximum absolute atomic E-state index is 13.5. The molecule has 0 spiro atoms. The quantitative estimate of drug-likeness (QED) is 0.297. The molecule has 0 aliphatic heterocycles. The van der Waals surface area contributed by atoms with Gasteiger partial charge in [-0.1, -0.05) is 35.6 Å². The van der Waals surface area contributed by atoms with Crippen molar-refractivity contribution in [3.05, 3.63) is 77.9 Å². The lowest BCUT2D eigenvalue weighted by Crippen LogP contribution is -2.36. The highest BCUT2D eigenvalue weighted by molar-refractivity contribution is 7.22. The molecule has 0 unspecified atom stereocenters. The second kappa shape index (κ2) is 11.3. The van der Waals surface area contributed by atoms with Gasteiger partial charge in [-0.2, -0.15) is 0 Å². The van der Waals surface area contributed by atoms with E-state index in [4.69, 9.17) is 14.5 Å². The van der Waals surface area contributed by atoms with Crippen LogP contribution in [0.4, 0.5) is 5.13 Å². The second-order valence-corrected chi connectivity index (χ2v) is 8.94. The van der Waals surface area contributed by atoms with Crippen LogP contribution in [0.2, 0.25) is 0 Å². The number of thiazole rings is 1. The summed E-state index contributed by atoms with van der Waals surface area (Å²) >= 11 is 1.51. The molecule has 0 N–H and O–H groups in total. The summed E-state index contributed by atoms with van der Waals surface area (Å²) in [5, 5.41) is 0.661. The number of carbonyl (C=O) groups excluding carboxylic acids is 1. The van der Waals surface area contributed by atoms with E-state index in [1.54, 1.807) is 24.1 Å². The topological polar surface area (TPSA) is 54.9 Å². The van der Waals surface area contributed by atoms with Crippen LogP contribution in [-0.2, 0) is 0 Å². The number of benzene rings is 3. The van der Waals surface area contributed by atoms with E-state index in [1.165, 1.54) is 11.3 Å². The Morgan fingerprint density at radius 3 is 2.26 bits per heavy atom. The smallest absolute Gasteiger partial charge is 0.260 e. The molecule has 1 aromatic heterocycles. The molecule has 4 aromatic rings. The summed E-state index contributed by atoms with van der Waals surface area (Å²) in [5.74, 6) is 2.04. The minimum atomic E-state index is -0.0983. The third kappa shape index (κ3) is 5.67.